The van der Waals surface area contributed by atoms with Gasteiger partial charge in [-0.2, -0.15) is 11.3 Å². The second kappa shape index (κ2) is 7.78. The quantitative estimate of drug-likeness (QED) is 0.805. The first kappa shape index (κ1) is 15.5. The Bertz CT molecular complexity index is 406. The van der Waals surface area contributed by atoms with Crippen LogP contribution in [0.15, 0.2) is 16.8 Å². The van der Waals surface area contributed by atoms with E-state index in [4.69, 9.17) is 5.11 Å². The number of hydrogen-bond donors (Lipinski definition) is 2. The number of aliphatic carboxylic acids is 1. The monoisotopic (exact) mass is 284 g/mol. The van der Waals surface area contributed by atoms with E-state index in [0.29, 0.717) is 13.1 Å². The molecule has 0 spiro atoms. The van der Waals surface area contributed by atoms with Crippen LogP contribution in [0, 0.1) is 5.92 Å². The number of carboxylic acids is 1. The zero-order valence-electron chi connectivity index (χ0n) is 11.3. The Morgan fingerprint density at radius 2 is 2.26 bits per heavy atom. The third-order valence-electron chi connectivity index (χ3n) is 2.85. The van der Waals surface area contributed by atoms with Gasteiger partial charge in [0.05, 0.1) is 5.92 Å². The highest BCUT2D eigenvalue weighted by Gasteiger charge is 2.18. The van der Waals surface area contributed by atoms with E-state index in [2.05, 4.69) is 10.7 Å². The average Bonchev–Trinajstić information content (AvgIpc) is 2.88. The van der Waals surface area contributed by atoms with Gasteiger partial charge in [0.1, 0.15) is 0 Å². The van der Waals surface area contributed by atoms with Crippen molar-refractivity contribution in [3.05, 3.63) is 22.4 Å². The number of carbonyl (C=O) groups is 2. The molecule has 0 aromatic carbocycles. The highest BCUT2D eigenvalue weighted by atomic mass is 32.1. The van der Waals surface area contributed by atoms with E-state index >= 15 is 0 Å². The predicted octanol–water partition coefficient (Wildman–Crippen LogP) is 2.04. The van der Waals surface area contributed by atoms with E-state index in [0.717, 1.165) is 6.42 Å². The lowest BCUT2D eigenvalue weighted by Crippen LogP contribution is -2.43. The van der Waals surface area contributed by atoms with Crippen LogP contribution in [0.25, 0.3) is 0 Å². The maximum Gasteiger partial charge on any atom is 0.317 e. The molecule has 2 N–H and O–H groups in total. The van der Waals surface area contributed by atoms with Crippen LogP contribution in [0.5, 0.6) is 0 Å². The van der Waals surface area contributed by atoms with E-state index in [1.807, 2.05) is 18.4 Å². The molecule has 0 aliphatic heterocycles. The van der Waals surface area contributed by atoms with E-state index in [1.54, 1.807) is 18.3 Å². The molecule has 19 heavy (non-hydrogen) atoms. The number of nitrogens with one attached hydrogen (secondary N) is 1. The zero-order chi connectivity index (χ0) is 14.3. The predicted molar refractivity (Wildman–Crippen MR) is 75.5 cm³/mol. The number of urea groups is 1. The maximum absolute atomic E-state index is 11.9. The summed E-state index contributed by atoms with van der Waals surface area (Å²) in [5, 5.41) is 15.7. The van der Waals surface area contributed by atoms with Crippen molar-refractivity contribution < 1.29 is 14.7 Å². The van der Waals surface area contributed by atoms with Crippen molar-refractivity contribution in [1.82, 2.24) is 10.2 Å². The summed E-state index contributed by atoms with van der Waals surface area (Å²) in [6.45, 7) is 4.74. The first-order chi connectivity index (χ1) is 9.04. The van der Waals surface area contributed by atoms with Gasteiger partial charge in [0, 0.05) is 19.6 Å². The van der Waals surface area contributed by atoms with E-state index in [1.165, 1.54) is 10.5 Å². The summed E-state index contributed by atoms with van der Waals surface area (Å²) in [4.78, 5) is 24.2. The fraction of sp³-hybridized carbons (Fsp3) is 0.538. The number of rotatable bonds is 7. The lowest BCUT2D eigenvalue weighted by Gasteiger charge is -2.23. The first-order valence-electron chi connectivity index (χ1n) is 6.31. The molecule has 0 aliphatic carbocycles. The Morgan fingerprint density at radius 1 is 1.53 bits per heavy atom. The SMILES string of the molecule is CCN(CC(C)C(=O)O)C(=O)NCCc1ccsc1. The molecular weight excluding hydrogens is 264 g/mol. The van der Waals surface area contributed by atoms with Gasteiger partial charge in [0.2, 0.25) is 0 Å². The largest absolute Gasteiger partial charge is 0.481 e. The minimum atomic E-state index is -0.885. The molecule has 1 rings (SSSR count). The Kier molecular flexibility index (Phi) is 6.35. The average molecular weight is 284 g/mol. The molecule has 1 heterocycles. The molecule has 1 aromatic heterocycles. The summed E-state index contributed by atoms with van der Waals surface area (Å²) in [6, 6.07) is 1.83. The summed E-state index contributed by atoms with van der Waals surface area (Å²) in [6.07, 6.45) is 0.793. The molecule has 106 valence electrons. The fourth-order valence-corrected chi connectivity index (χ4v) is 2.33. The van der Waals surface area contributed by atoms with Gasteiger partial charge in [-0.25, -0.2) is 4.79 Å². The van der Waals surface area contributed by atoms with Crippen LogP contribution in [0.1, 0.15) is 19.4 Å². The molecule has 0 radical (unpaired) electrons. The normalized spacial score (nSPS) is 11.9. The van der Waals surface area contributed by atoms with Gasteiger partial charge in [-0.3, -0.25) is 4.79 Å². The number of amides is 2. The van der Waals surface area contributed by atoms with Gasteiger partial charge in [0.15, 0.2) is 0 Å². The van der Waals surface area contributed by atoms with E-state index < -0.39 is 11.9 Å². The molecule has 5 nitrogen and oxygen atoms in total. The van der Waals surface area contributed by atoms with Crippen LogP contribution >= 0.6 is 11.3 Å². The number of thiophene rings is 1. The molecule has 0 bridgehead atoms. The first-order valence-corrected chi connectivity index (χ1v) is 7.25. The number of nitrogens with zero attached hydrogens (tertiary/aromatic N) is 1. The second-order valence-electron chi connectivity index (χ2n) is 4.39. The molecule has 0 aliphatic rings. The highest BCUT2D eigenvalue weighted by molar-refractivity contribution is 7.07. The standard InChI is InChI=1S/C13H20N2O3S/c1-3-15(8-10(2)12(16)17)13(18)14-6-4-11-5-7-19-9-11/h5,7,9-10H,3-4,6,8H2,1-2H3,(H,14,18)(H,16,17). The number of hydrogen-bond acceptors (Lipinski definition) is 3. The van der Waals surface area contributed by atoms with Gasteiger partial charge < -0.3 is 15.3 Å². The number of carbonyl (C=O) groups excluding carboxylic acids is 1. The molecule has 1 aromatic rings. The summed E-state index contributed by atoms with van der Waals surface area (Å²) >= 11 is 1.63. The Morgan fingerprint density at radius 3 is 2.79 bits per heavy atom. The van der Waals surface area contributed by atoms with Crippen molar-refractivity contribution in [2.75, 3.05) is 19.6 Å². The maximum atomic E-state index is 11.9. The van der Waals surface area contributed by atoms with Crippen LogP contribution in [0.3, 0.4) is 0 Å². The van der Waals surface area contributed by atoms with Gasteiger partial charge in [-0.05, 0) is 35.7 Å². The van der Waals surface area contributed by atoms with Crippen LogP contribution in [-0.4, -0.2) is 41.6 Å². The molecular formula is C13H20N2O3S. The lowest BCUT2D eigenvalue weighted by atomic mass is 10.2. The summed E-state index contributed by atoms with van der Waals surface area (Å²) in [7, 11) is 0. The molecule has 0 saturated heterocycles. The molecule has 0 saturated carbocycles. The minimum absolute atomic E-state index is 0.203. The van der Waals surface area contributed by atoms with Gasteiger partial charge >= 0.3 is 12.0 Å². The Hall–Kier alpha value is -1.56. The highest BCUT2D eigenvalue weighted by Crippen LogP contribution is 2.06. The van der Waals surface area contributed by atoms with Crippen molar-refractivity contribution in [2.45, 2.75) is 20.3 Å². The zero-order valence-corrected chi connectivity index (χ0v) is 12.1. The van der Waals surface area contributed by atoms with Crippen LogP contribution < -0.4 is 5.32 Å². The van der Waals surface area contributed by atoms with Crippen LogP contribution in [0.2, 0.25) is 0 Å². The molecule has 1 unspecified atom stereocenters. The van der Waals surface area contributed by atoms with E-state index in [-0.39, 0.29) is 12.6 Å². The van der Waals surface area contributed by atoms with Crippen molar-refractivity contribution >= 4 is 23.3 Å². The van der Waals surface area contributed by atoms with Crippen molar-refractivity contribution in [3.8, 4) is 0 Å². The topological polar surface area (TPSA) is 69.6 Å². The Balaban J connectivity index is 2.34. The number of carboxylic acid groups (broad SMARTS) is 1. The third-order valence-corrected chi connectivity index (χ3v) is 3.59. The smallest absolute Gasteiger partial charge is 0.317 e. The molecule has 2 amide bonds. The van der Waals surface area contributed by atoms with Crippen molar-refractivity contribution in [2.24, 2.45) is 5.92 Å². The van der Waals surface area contributed by atoms with Crippen LogP contribution in [0.4, 0.5) is 4.79 Å². The van der Waals surface area contributed by atoms with E-state index in [9.17, 15) is 9.59 Å². The van der Waals surface area contributed by atoms with Crippen molar-refractivity contribution in [1.29, 1.82) is 0 Å². The summed E-state index contributed by atoms with van der Waals surface area (Å²) in [5.74, 6) is -1.44. The van der Waals surface area contributed by atoms with Crippen molar-refractivity contribution in [3.63, 3.8) is 0 Å². The second-order valence-corrected chi connectivity index (χ2v) is 5.17. The molecule has 1 atom stereocenters. The molecule has 6 heteroatoms. The fourth-order valence-electron chi connectivity index (χ4n) is 1.62. The summed E-state index contributed by atoms with van der Waals surface area (Å²) in [5.41, 5.74) is 1.20. The molecule has 0 fully saturated rings. The Labute approximate surface area is 117 Å². The van der Waals surface area contributed by atoms with Crippen LogP contribution in [-0.2, 0) is 11.2 Å². The summed E-state index contributed by atoms with van der Waals surface area (Å²) < 4.78 is 0. The van der Waals surface area contributed by atoms with Gasteiger partial charge in [-0.1, -0.05) is 6.92 Å². The van der Waals surface area contributed by atoms with Gasteiger partial charge in [-0.15, -0.1) is 0 Å². The van der Waals surface area contributed by atoms with Gasteiger partial charge in [0.25, 0.3) is 0 Å². The lowest BCUT2D eigenvalue weighted by molar-refractivity contribution is -0.141. The minimum Gasteiger partial charge on any atom is -0.481 e. The third kappa shape index (κ3) is 5.30.